The molecule has 3 heterocycles. The van der Waals surface area contributed by atoms with Gasteiger partial charge in [-0.2, -0.15) is 5.10 Å². The summed E-state index contributed by atoms with van der Waals surface area (Å²) in [5.41, 5.74) is 9.56. The normalized spacial score (nSPS) is 15.1. The van der Waals surface area contributed by atoms with Crippen molar-refractivity contribution >= 4 is 29.1 Å². The molecule has 0 spiro atoms. The van der Waals surface area contributed by atoms with Gasteiger partial charge in [0.15, 0.2) is 0 Å². The predicted molar refractivity (Wildman–Crippen MR) is 146 cm³/mol. The second-order valence-electron chi connectivity index (χ2n) is 9.10. The first-order valence-corrected chi connectivity index (χ1v) is 12.4. The molecule has 5 N–H and O–H groups in total. The molecule has 1 atom stereocenters. The number of anilines is 3. The Bertz CT molecular complexity index is 1420. The van der Waals surface area contributed by atoms with Gasteiger partial charge in [-0.05, 0) is 36.6 Å². The molecule has 0 unspecified atom stereocenters. The van der Waals surface area contributed by atoms with Crippen LogP contribution in [0.3, 0.4) is 0 Å². The lowest BCUT2D eigenvalue weighted by Crippen LogP contribution is -2.41. The van der Waals surface area contributed by atoms with E-state index in [1.54, 1.807) is 42.6 Å². The number of rotatable bonds is 7. The lowest BCUT2D eigenvalue weighted by Gasteiger charge is -2.33. The summed E-state index contributed by atoms with van der Waals surface area (Å²) in [6, 6.07) is 20.8. The number of methoxy groups -OCH3 is 1. The monoisotopic (exact) mass is 511 g/mol. The van der Waals surface area contributed by atoms with E-state index in [1.807, 2.05) is 23.1 Å². The first kappa shape index (κ1) is 24.8. The highest BCUT2D eigenvalue weighted by molar-refractivity contribution is 6.04. The number of hydrogen-bond donors (Lipinski definition) is 4. The van der Waals surface area contributed by atoms with Gasteiger partial charge in [0.05, 0.1) is 7.11 Å². The van der Waals surface area contributed by atoms with Gasteiger partial charge in [-0.3, -0.25) is 9.89 Å². The highest BCUT2D eigenvalue weighted by atomic mass is 16.5. The summed E-state index contributed by atoms with van der Waals surface area (Å²) in [5.74, 6) is 0.484. The van der Waals surface area contributed by atoms with E-state index in [2.05, 4.69) is 37.9 Å². The zero-order valence-electron chi connectivity index (χ0n) is 21.0. The van der Waals surface area contributed by atoms with Crippen molar-refractivity contribution in [2.75, 3.05) is 30.8 Å². The zero-order valence-corrected chi connectivity index (χ0v) is 21.0. The van der Waals surface area contributed by atoms with E-state index < -0.39 is 5.91 Å². The number of primary amides is 1. The van der Waals surface area contributed by atoms with Gasteiger partial charge in [0.25, 0.3) is 5.91 Å². The number of carbonyl (C=O) groups excluding carboxylic acids is 2. The van der Waals surface area contributed by atoms with Crippen LogP contribution in [0.25, 0.3) is 11.3 Å². The Kier molecular flexibility index (Phi) is 7.21. The number of aromatic amines is 1. The van der Waals surface area contributed by atoms with Gasteiger partial charge in [0.1, 0.15) is 17.1 Å². The van der Waals surface area contributed by atoms with Crippen LogP contribution in [0.4, 0.5) is 22.0 Å². The quantitative estimate of drug-likeness (QED) is 0.283. The third-order valence-corrected chi connectivity index (χ3v) is 6.62. The number of nitrogens with one attached hydrogen (secondary N) is 3. The maximum Gasteiger partial charge on any atom is 0.321 e. The molecule has 5 rings (SSSR count). The molecule has 194 valence electrons. The van der Waals surface area contributed by atoms with E-state index in [4.69, 9.17) is 10.5 Å². The molecule has 0 bridgehead atoms. The SMILES string of the molecule is COc1cc(Nc2[nH]nc(-c3ccc(NC(=O)N4CCC[C@@H](c5ccccc5)C4)cc3)c2C(N)=O)ccn1. The Morgan fingerprint density at radius 3 is 2.61 bits per heavy atom. The van der Waals surface area contributed by atoms with Crippen LogP contribution in [0.2, 0.25) is 0 Å². The molecular formula is C28H29N7O3. The van der Waals surface area contributed by atoms with E-state index >= 15 is 0 Å². The van der Waals surface area contributed by atoms with Crippen molar-refractivity contribution in [3.63, 3.8) is 0 Å². The van der Waals surface area contributed by atoms with Crippen molar-refractivity contribution < 1.29 is 14.3 Å². The first-order valence-electron chi connectivity index (χ1n) is 12.4. The van der Waals surface area contributed by atoms with Gasteiger partial charge in [0, 0.05) is 48.2 Å². The number of ether oxygens (including phenoxy) is 1. The van der Waals surface area contributed by atoms with Crippen molar-refractivity contribution in [1.82, 2.24) is 20.1 Å². The van der Waals surface area contributed by atoms with E-state index in [1.165, 1.54) is 12.7 Å². The average Bonchev–Trinajstić information content (AvgIpc) is 3.38. The summed E-state index contributed by atoms with van der Waals surface area (Å²) >= 11 is 0. The summed E-state index contributed by atoms with van der Waals surface area (Å²) in [6.45, 7) is 1.41. The number of amides is 3. The van der Waals surface area contributed by atoms with Gasteiger partial charge >= 0.3 is 6.03 Å². The fourth-order valence-corrected chi connectivity index (χ4v) is 4.70. The minimum absolute atomic E-state index is 0.129. The van der Waals surface area contributed by atoms with Gasteiger partial charge in [-0.15, -0.1) is 0 Å². The molecule has 3 amide bonds. The largest absolute Gasteiger partial charge is 0.481 e. The van der Waals surface area contributed by atoms with E-state index in [0.29, 0.717) is 46.8 Å². The number of hydrogen-bond acceptors (Lipinski definition) is 6. The Morgan fingerprint density at radius 2 is 1.87 bits per heavy atom. The number of pyridine rings is 1. The number of aromatic nitrogens is 3. The molecular weight excluding hydrogens is 482 g/mol. The number of carbonyl (C=O) groups is 2. The van der Waals surface area contributed by atoms with Crippen LogP contribution in [0, 0.1) is 0 Å². The second kappa shape index (κ2) is 11.0. The lowest BCUT2D eigenvalue weighted by molar-refractivity contribution is 0.100. The van der Waals surface area contributed by atoms with E-state index in [0.717, 1.165) is 19.4 Å². The maximum absolute atomic E-state index is 13.0. The summed E-state index contributed by atoms with van der Waals surface area (Å²) < 4.78 is 5.15. The molecule has 1 aliphatic rings. The molecule has 10 nitrogen and oxygen atoms in total. The molecule has 1 aliphatic heterocycles. The highest BCUT2D eigenvalue weighted by Crippen LogP contribution is 2.30. The van der Waals surface area contributed by atoms with Crippen LogP contribution in [0.5, 0.6) is 5.88 Å². The smallest absolute Gasteiger partial charge is 0.321 e. The van der Waals surface area contributed by atoms with Crippen molar-refractivity contribution in [2.45, 2.75) is 18.8 Å². The van der Waals surface area contributed by atoms with Gasteiger partial charge in [-0.25, -0.2) is 9.78 Å². The van der Waals surface area contributed by atoms with Crippen LogP contribution in [0.1, 0.15) is 34.7 Å². The predicted octanol–water partition coefficient (Wildman–Crippen LogP) is 4.73. The summed E-state index contributed by atoms with van der Waals surface area (Å²) in [4.78, 5) is 31.2. The highest BCUT2D eigenvalue weighted by Gasteiger charge is 2.25. The molecule has 0 saturated carbocycles. The number of nitrogens with zero attached hydrogens (tertiary/aromatic N) is 3. The first-order chi connectivity index (χ1) is 18.5. The van der Waals surface area contributed by atoms with Crippen LogP contribution in [-0.4, -0.2) is 52.2 Å². The molecule has 1 fully saturated rings. The standard InChI is InChI=1S/C28H29N7O3/c1-38-23-16-22(13-14-30-23)31-27-24(26(29)36)25(33-34-27)19-9-11-21(12-10-19)32-28(37)35-15-5-8-20(17-35)18-6-3-2-4-7-18/h2-4,6-7,9-14,16,20H,5,8,15,17H2,1H3,(H2,29,36)(H,32,37)(H2,30,31,33,34)/t20-/m1/s1. The van der Waals surface area contributed by atoms with Crippen LogP contribution < -0.4 is 21.1 Å². The third kappa shape index (κ3) is 5.44. The third-order valence-electron chi connectivity index (χ3n) is 6.62. The summed E-state index contributed by atoms with van der Waals surface area (Å²) in [6.07, 6.45) is 3.62. The van der Waals surface area contributed by atoms with Crippen LogP contribution in [0.15, 0.2) is 72.9 Å². The number of urea groups is 1. The van der Waals surface area contributed by atoms with Gasteiger partial charge < -0.3 is 26.0 Å². The van der Waals surface area contributed by atoms with Crippen molar-refractivity contribution in [2.24, 2.45) is 5.73 Å². The van der Waals surface area contributed by atoms with Crippen molar-refractivity contribution in [1.29, 1.82) is 0 Å². The Morgan fingerprint density at radius 1 is 1.08 bits per heavy atom. The Labute approximate surface area is 220 Å². The van der Waals surface area contributed by atoms with Crippen molar-refractivity contribution in [3.05, 3.63) is 84.1 Å². The average molecular weight is 512 g/mol. The summed E-state index contributed by atoms with van der Waals surface area (Å²) in [5, 5.41) is 13.3. The minimum atomic E-state index is -0.632. The summed E-state index contributed by atoms with van der Waals surface area (Å²) in [7, 11) is 1.52. The fourth-order valence-electron chi connectivity index (χ4n) is 4.70. The van der Waals surface area contributed by atoms with Crippen LogP contribution >= 0.6 is 0 Å². The van der Waals surface area contributed by atoms with Crippen molar-refractivity contribution in [3.8, 4) is 17.1 Å². The molecule has 2 aromatic carbocycles. The molecule has 2 aromatic heterocycles. The van der Waals surface area contributed by atoms with E-state index in [9.17, 15) is 9.59 Å². The van der Waals surface area contributed by atoms with E-state index in [-0.39, 0.29) is 11.6 Å². The van der Waals surface area contributed by atoms with Gasteiger partial charge in [-0.1, -0.05) is 42.5 Å². The zero-order chi connectivity index (χ0) is 26.5. The lowest BCUT2D eigenvalue weighted by atomic mass is 9.91. The minimum Gasteiger partial charge on any atom is -0.481 e. The molecule has 10 heteroatoms. The number of benzene rings is 2. The Hall–Kier alpha value is -4.86. The molecule has 0 aliphatic carbocycles. The maximum atomic E-state index is 13.0. The molecule has 38 heavy (non-hydrogen) atoms. The number of H-pyrrole nitrogens is 1. The fraction of sp³-hybridized carbons (Fsp3) is 0.214. The molecule has 4 aromatic rings. The number of nitrogens with two attached hydrogens (primary N) is 1. The molecule has 0 radical (unpaired) electrons. The van der Waals surface area contributed by atoms with Gasteiger partial charge in [0.2, 0.25) is 5.88 Å². The Balaban J connectivity index is 1.28. The second-order valence-corrected chi connectivity index (χ2v) is 9.10. The number of likely N-dealkylation sites (tertiary alicyclic amines) is 1. The topological polar surface area (TPSA) is 138 Å². The molecule has 1 saturated heterocycles. The van der Waals surface area contributed by atoms with Crippen LogP contribution in [-0.2, 0) is 0 Å². The number of piperidine rings is 1.